The summed E-state index contributed by atoms with van der Waals surface area (Å²) < 4.78 is 5.48. The van der Waals surface area contributed by atoms with E-state index in [9.17, 15) is 14.7 Å². The van der Waals surface area contributed by atoms with Crippen LogP contribution in [0.5, 0.6) is 0 Å². The number of amides is 1. The monoisotopic (exact) mass is 336 g/mol. The first-order valence-electron chi connectivity index (χ1n) is 6.98. The molecule has 0 saturated carbocycles. The van der Waals surface area contributed by atoms with Crippen LogP contribution in [-0.4, -0.2) is 40.7 Å². The Morgan fingerprint density at radius 3 is 2.78 bits per heavy atom. The van der Waals surface area contributed by atoms with Crippen LogP contribution in [0.3, 0.4) is 0 Å². The number of carbonyl (C=O) groups is 2. The van der Waals surface area contributed by atoms with Crippen molar-refractivity contribution in [2.45, 2.75) is 19.4 Å². The highest BCUT2D eigenvalue weighted by atomic mass is 35.5. The first kappa shape index (κ1) is 17.2. The number of halogens is 1. The molecule has 2 aromatic rings. The molecule has 6 nitrogen and oxygen atoms in total. The number of nitrogens with zero attached hydrogens (tertiary/aromatic N) is 2. The number of morpholine rings is 1. The fourth-order valence-electron chi connectivity index (χ4n) is 2.62. The zero-order valence-electron chi connectivity index (χ0n) is 12.8. The zero-order valence-corrected chi connectivity index (χ0v) is 13.6. The Labute approximate surface area is 139 Å². The Bertz CT molecular complexity index is 776. The number of hydrogen-bond acceptors (Lipinski definition) is 4. The van der Waals surface area contributed by atoms with Gasteiger partial charge in [-0.25, -0.2) is 4.79 Å². The summed E-state index contributed by atoms with van der Waals surface area (Å²) in [6.07, 6.45) is 1.47. The Morgan fingerprint density at radius 1 is 1.35 bits per heavy atom. The largest absolute Gasteiger partial charge is 0.478 e. The Hall–Kier alpha value is -2.18. The van der Waals surface area contributed by atoms with Crippen molar-refractivity contribution in [3.63, 3.8) is 0 Å². The fraction of sp³-hybridized carbons (Fsp3) is 0.312. The van der Waals surface area contributed by atoms with E-state index in [1.54, 1.807) is 36.9 Å². The molecule has 1 aromatic carbocycles. The van der Waals surface area contributed by atoms with Crippen LogP contribution in [0.2, 0.25) is 0 Å². The van der Waals surface area contributed by atoms with E-state index < -0.39 is 11.6 Å². The highest BCUT2D eigenvalue weighted by Crippen LogP contribution is 2.28. The number of carboxylic acid groups (broad SMARTS) is 1. The van der Waals surface area contributed by atoms with Gasteiger partial charge in [0.15, 0.2) is 0 Å². The van der Waals surface area contributed by atoms with Crippen LogP contribution in [0.15, 0.2) is 30.5 Å². The molecule has 0 atom stereocenters. The van der Waals surface area contributed by atoms with Gasteiger partial charge in [0.05, 0.1) is 17.7 Å². The molecule has 1 N–H and O–H groups in total. The molecule has 122 valence electrons. The number of fused-ring (bicyclic) bond motifs is 1. The first-order chi connectivity index (χ1) is 10.4. The maximum atomic E-state index is 12.5. The van der Waals surface area contributed by atoms with Gasteiger partial charge in [0.25, 0.3) is 5.91 Å². The summed E-state index contributed by atoms with van der Waals surface area (Å²) in [4.78, 5) is 29.6. The van der Waals surface area contributed by atoms with Gasteiger partial charge in [0.2, 0.25) is 0 Å². The summed E-state index contributed by atoms with van der Waals surface area (Å²) in [6, 6.07) is 6.66. The summed E-state index contributed by atoms with van der Waals surface area (Å²) in [6.45, 7) is 4.34. The number of rotatable bonds is 2. The normalized spacial score (nSPS) is 17.0. The second-order valence-electron chi connectivity index (χ2n) is 5.68. The maximum Gasteiger partial charge on any atom is 0.336 e. The quantitative estimate of drug-likeness (QED) is 0.911. The van der Waals surface area contributed by atoms with Gasteiger partial charge < -0.3 is 14.7 Å². The SMILES string of the molecule is CC1(C)OCCN(c2ccc3nccc(C(=O)O)c3c2)C1=O.Cl. The summed E-state index contributed by atoms with van der Waals surface area (Å²) in [5, 5.41) is 9.81. The molecule has 23 heavy (non-hydrogen) atoms. The average Bonchev–Trinajstić information content (AvgIpc) is 2.48. The van der Waals surface area contributed by atoms with Crippen molar-refractivity contribution in [2.75, 3.05) is 18.1 Å². The van der Waals surface area contributed by atoms with Crippen molar-refractivity contribution >= 4 is 40.9 Å². The van der Waals surface area contributed by atoms with E-state index >= 15 is 0 Å². The summed E-state index contributed by atoms with van der Waals surface area (Å²) >= 11 is 0. The predicted octanol–water partition coefficient (Wildman–Crippen LogP) is 2.50. The molecule has 0 aliphatic carbocycles. The number of carbonyl (C=O) groups excluding carboxylic acids is 1. The Balaban J connectivity index is 0.00000192. The van der Waals surface area contributed by atoms with Crippen LogP contribution in [0, 0.1) is 0 Å². The first-order valence-corrected chi connectivity index (χ1v) is 6.98. The van der Waals surface area contributed by atoms with Crippen molar-refractivity contribution in [3.8, 4) is 0 Å². The average molecular weight is 337 g/mol. The van der Waals surface area contributed by atoms with Crippen LogP contribution in [0.25, 0.3) is 10.9 Å². The number of aromatic carboxylic acids is 1. The molecule has 3 rings (SSSR count). The number of hydrogen-bond donors (Lipinski definition) is 1. The highest BCUT2D eigenvalue weighted by molar-refractivity contribution is 6.05. The van der Waals surface area contributed by atoms with Gasteiger partial charge in [-0.1, -0.05) is 0 Å². The minimum Gasteiger partial charge on any atom is -0.478 e. The van der Waals surface area contributed by atoms with Crippen molar-refractivity contribution in [1.29, 1.82) is 0 Å². The molecule has 1 aromatic heterocycles. The maximum absolute atomic E-state index is 12.5. The standard InChI is InChI=1S/C16H16N2O4.ClH/c1-16(2)15(21)18(7-8-22-16)10-3-4-13-12(9-10)11(14(19)20)5-6-17-13;/h3-6,9H,7-8H2,1-2H3,(H,19,20);1H. The molecule has 1 amide bonds. The van der Waals surface area contributed by atoms with Crippen LogP contribution >= 0.6 is 12.4 Å². The van der Waals surface area contributed by atoms with Gasteiger partial charge in [-0.15, -0.1) is 12.4 Å². The van der Waals surface area contributed by atoms with E-state index in [1.807, 2.05) is 0 Å². The van der Waals surface area contributed by atoms with Crippen molar-refractivity contribution in [3.05, 3.63) is 36.0 Å². The van der Waals surface area contributed by atoms with Crippen LogP contribution in [0.4, 0.5) is 5.69 Å². The fourth-order valence-corrected chi connectivity index (χ4v) is 2.62. The van der Waals surface area contributed by atoms with Crippen molar-refractivity contribution in [2.24, 2.45) is 0 Å². The minimum atomic E-state index is -1.02. The van der Waals surface area contributed by atoms with Crippen molar-refractivity contribution < 1.29 is 19.4 Å². The number of ether oxygens (including phenoxy) is 1. The molecule has 1 aliphatic heterocycles. The number of carboxylic acids is 1. The Kier molecular flexibility index (Phi) is 4.58. The molecular formula is C16H17ClN2O4. The number of anilines is 1. The Morgan fingerprint density at radius 2 is 2.09 bits per heavy atom. The predicted molar refractivity (Wildman–Crippen MR) is 88.3 cm³/mol. The number of pyridine rings is 1. The summed E-state index contributed by atoms with van der Waals surface area (Å²) in [7, 11) is 0. The molecule has 0 spiro atoms. The molecule has 0 bridgehead atoms. The lowest BCUT2D eigenvalue weighted by molar-refractivity contribution is -0.144. The topological polar surface area (TPSA) is 79.7 Å². The summed E-state index contributed by atoms with van der Waals surface area (Å²) in [5.74, 6) is -1.16. The molecule has 0 radical (unpaired) electrons. The lowest BCUT2D eigenvalue weighted by atomic mass is 10.0. The van der Waals surface area contributed by atoms with Crippen LogP contribution < -0.4 is 4.90 Å². The number of aromatic nitrogens is 1. The second kappa shape index (κ2) is 6.14. The minimum absolute atomic E-state index is 0. The van der Waals surface area contributed by atoms with Gasteiger partial charge >= 0.3 is 5.97 Å². The van der Waals surface area contributed by atoms with Crippen LogP contribution in [0.1, 0.15) is 24.2 Å². The van der Waals surface area contributed by atoms with Crippen LogP contribution in [-0.2, 0) is 9.53 Å². The van der Waals surface area contributed by atoms with E-state index in [-0.39, 0.29) is 23.9 Å². The molecule has 2 heterocycles. The molecule has 1 fully saturated rings. The number of benzene rings is 1. The molecule has 7 heteroatoms. The zero-order chi connectivity index (χ0) is 15.9. The second-order valence-corrected chi connectivity index (χ2v) is 5.68. The van der Waals surface area contributed by atoms with Gasteiger partial charge in [-0.3, -0.25) is 9.78 Å². The van der Waals surface area contributed by atoms with E-state index in [1.165, 1.54) is 12.3 Å². The van der Waals surface area contributed by atoms with E-state index in [0.29, 0.717) is 29.7 Å². The molecule has 0 unspecified atom stereocenters. The van der Waals surface area contributed by atoms with Gasteiger partial charge in [0, 0.05) is 23.8 Å². The highest BCUT2D eigenvalue weighted by Gasteiger charge is 2.37. The third kappa shape index (κ3) is 3.00. The van der Waals surface area contributed by atoms with Gasteiger partial charge in [-0.05, 0) is 38.1 Å². The van der Waals surface area contributed by atoms with E-state index in [4.69, 9.17) is 4.74 Å². The molecule has 1 aliphatic rings. The lowest BCUT2D eigenvalue weighted by Gasteiger charge is -2.37. The smallest absolute Gasteiger partial charge is 0.336 e. The lowest BCUT2D eigenvalue weighted by Crippen LogP contribution is -2.53. The van der Waals surface area contributed by atoms with Gasteiger partial charge in [0.1, 0.15) is 5.60 Å². The third-order valence-electron chi connectivity index (χ3n) is 3.81. The third-order valence-corrected chi connectivity index (χ3v) is 3.81. The van der Waals surface area contributed by atoms with E-state index in [0.717, 1.165) is 0 Å². The van der Waals surface area contributed by atoms with Crippen molar-refractivity contribution in [1.82, 2.24) is 4.98 Å². The van der Waals surface area contributed by atoms with E-state index in [2.05, 4.69) is 4.98 Å². The molecule has 1 saturated heterocycles. The summed E-state index contributed by atoms with van der Waals surface area (Å²) in [5.41, 5.74) is 0.539. The molecular weight excluding hydrogens is 320 g/mol. The van der Waals surface area contributed by atoms with Gasteiger partial charge in [-0.2, -0.15) is 0 Å².